The van der Waals surface area contributed by atoms with Gasteiger partial charge in [-0.15, -0.1) is 0 Å². The van der Waals surface area contributed by atoms with E-state index in [2.05, 4.69) is 16.9 Å². The highest BCUT2D eigenvalue weighted by atomic mass is 32.2. The van der Waals surface area contributed by atoms with Crippen molar-refractivity contribution in [2.75, 3.05) is 11.5 Å². The van der Waals surface area contributed by atoms with Gasteiger partial charge in [-0.1, -0.05) is 19.1 Å². The molecule has 78 valence electrons. The van der Waals surface area contributed by atoms with Crippen LogP contribution in [0.1, 0.15) is 12.6 Å². The quantitative estimate of drug-likeness (QED) is 0.738. The fraction of sp³-hybridized carbons (Fsp3) is 0.333. The van der Waals surface area contributed by atoms with Crippen molar-refractivity contribution in [2.24, 2.45) is 0 Å². The molecule has 0 aliphatic carbocycles. The Morgan fingerprint density at radius 2 is 2.00 bits per heavy atom. The van der Waals surface area contributed by atoms with Crippen LogP contribution in [0.2, 0.25) is 0 Å². The highest BCUT2D eigenvalue weighted by Gasteiger charge is 1.98. The van der Waals surface area contributed by atoms with E-state index in [0.29, 0.717) is 0 Å². The number of aryl methyl sites for hydroxylation is 1. The van der Waals surface area contributed by atoms with Crippen LogP contribution in [0.5, 0.6) is 0 Å². The molecule has 2 rings (SSSR count). The van der Waals surface area contributed by atoms with Crippen LogP contribution >= 0.6 is 11.8 Å². The third kappa shape index (κ3) is 2.69. The van der Waals surface area contributed by atoms with Crippen molar-refractivity contribution in [1.82, 2.24) is 9.97 Å². The van der Waals surface area contributed by atoms with Crippen molar-refractivity contribution in [2.45, 2.75) is 13.3 Å². The van der Waals surface area contributed by atoms with Gasteiger partial charge >= 0.3 is 0 Å². The minimum Gasteiger partial charge on any atom is -0.253 e. The summed E-state index contributed by atoms with van der Waals surface area (Å²) in [4.78, 5) is 8.96. The standard InChI is InChI=1S/C12H14N2S/c1-2-15-8-7-10-9-13-11-5-3-4-6-12(11)14-10/h3-6,9H,2,7-8H2,1H3. The first-order chi connectivity index (χ1) is 7.40. The number of hydrogen-bond acceptors (Lipinski definition) is 3. The molecule has 15 heavy (non-hydrogen) atoms. The topological polar surface area (TPSA) is 25.8 Å². The molecule has 0 radical (unpaired) electrons. The van der Waals surface area contributed by atoms with Gasteiger partial charge in [-0.05, 0) is 23.6 Å². The number of rotatable bonds is 4. The molecule has 2 aromatic rings. The summed E-state index contributed by atoms with van der Waals surface area (Å²) in [7, 11) is 0. The Labute approximate surface area is 94.1 Å². The molecule has 0 aliphatic rings. The zero-order valence-corrected chi connectivity index (χ0v) is 9.63. The van der Waals surface area contributed by atoms with Crippen LogP contribution in [-0.2, 0) is 6.42 Å². The first-order valence-corrected chi connectivity index (χ1v) is 6.34. The lowest BCUT2D eigenvalue weighted by Gasteiger charge is -2.01. The van der Waals surface area contributed by atoms with E-state index >= 15 is 0 Å². The van der Waals surface area contributed by atoms with E-state index in [1.54, 1.807) is 0 Å². The van der Waals surface area contributed by atoms with Crippen LogP contribution in [-0.4, -0.2) is 21.5 Å². The summed E-state index contributed by atoms with van der Waals surface area (Å²) >= 11 is 1.94. The van der Waals surface area contributed by atoms with Gasteiger partial charge in [0.1, 0.15) is 0 Å². The second-order valence-electron chi connectivity index (χ2n) is 3.30. The molecule has 3 heteroatoms. The van der Waals surface area contributed by atoms with Gasteiger partial charge in [0.25, 0.3) is 0 Å². The summed E-state index contributed by atoms with van der Waals surface area (Å²) in [6, 6.07) is 8.00. The number of thioether (sulfide) groups is 1. The predicted molar refractivity (Wildman–Crippen MR) is 66.2 cm³/mol. The number of fused-ring (bicyclic) bond motifs is 1. The number of nitrogens with zero attached hydrogens (tertiary/aromatic N) is 2. The van der Waals surface area contributed by atoms with E-state index in [9.17, 15) is 0 Å². The average molecular weight is 218 g/mol. The maximum absolute atomic E-state index is 4.57. The smallest absolute Gasteiger partial charge is 0.0890 e. The fourth-order valence-corrected chi connectivity index (χ4v) is 2.08. The molecule has 0 saturated carbocycles. The largest absolute Gasteiger partial charge is 0.253 e. The van der Waals surface area contributed by atoms with Gasteiger partial charge < -0.3 is 0 Å². The van der Waals surface area contributed by atoms with Crippen LogP contribution in [0, 0.1) is 0 Å². The zero-order valence-electron chi connectivity index (χ0n) is 8.81. The molecule has 1 aromatic heterocycles. The number of para-hydroxylation sites is 2. The van der Waals surface area contributed by atoms with E-state index in [-0.39, 0.29) is 0 Å². The van der Waals surface area contributed by atoms with Crippen LogP contribution in [0.4, 0.5) is 0 Å². The average Bonchev–Trinajstić information content (AvgIpc) is 2.29. The molecule has 0 spiro atoms. The van der Waals surface area contributed by atoms with E-state index in [4.69, 9.17) is 0 Å². The molecule has 1 heterocycles. The van der Waals surface area contributed by atoms with Crippen LogP contribution in [0.3, 0.4) is 0 Å². The Hall–Kier alpha value is -1.09. The lowest BCUT2D eigenvalue weighted by Crippen LogP contribution is -1.95. The van der Waals surface area contributed by atoms with Gasteiger partial charge in [0.15, 0.2) is 0 Å². The Balaban J connectivity index is 2.16. The molecule has 0 N–H and O–H groups in total. The van der Waals surface area contributed by atoms with Gasteiger partial charge in [-0.2, -0.15) is 11.8 Å². The maximum Gasteiger partial charge on any atom is 0.0890 e. The molecule has 1 aromatic carbocycles. The molecule has 0 saturated heterocycles. The lowest BCUT2D eigenvalue weighted by molar-refractivity contribution is 1.04. The van der Waals surface area contributed by atoms with Crippen molar-refractivity contribution in [3.8, 4) is 0 Å². The molecule has 0 amide bonds. The van der Waals surface area contributed by atoms with Crippen LogP contribution < -0.4 is 0 Å². The maximum atomic E-state index is 4.57. The molecular weight excluding hydrogens is 204 g/mol. The summed E-state index contributed by atoms with van der Waals surface area (Å²) in [5, 5.41) is 0. The summed E-state index contributed by atoms with van der Waals surface area (Å²) in [6.45, 7) is 2.18. The van der Waals surface area contributed by atoms with Gasteiger partial charge in [0.05, 0.1) is 16.7 Å². The van der Waals surface area contributed by atoms with E-state index in [1.165, 1.54) is 5.75 Å². The number of aromatic nitrogens is 2. The van der Waals surface area contributed by atoms with Crippen molar-refractivity contribution < 1.29 is 0 Å². The first kappa shape index (κ1) is 10.4. The minimum atomic E-state index is 0.976. The molecule has 0 unspecified atom stereocenters. The summed E-state index contributed by atoms with van der Waals surface area (Å²) in [6.07, 6.45) is 2.90. The first-order valence-electron chi connectivity index (χ1n) is 5.18. The molecule has 0 aliphatic heterocycles. The Morgan fingerprint density at radius 3 is 2.80 bits per heavy atom. The normalized spacial score (nSPS) is 10.7. The monoisotopic (exact) mass is 218 g/mol. The summed E-state index contributed by atoms with van der Waals surface area (Å²) < 4.78 is 0. The Morgan fingerprint density at radius 1 is 1.20 bits per heavy atom. The molecule has 2 nitrogen and oxygen atoms in total. The second-order valence-corrected chi connectivity index (χ2v) is 4.69. The van der Waals surface area contributed by atoms with Crippen molar-refractivity contribution >= 4 is 22.8 Å². The lowest BCUT2D eigenvalue weighted by atomic mass is 10.3. The van der Waals surface area contributed by atoms with Crippen molar-refractivity contribution in [3.63, 3.8) is 0 Å². The number of hydrogen-bond donors (Lipinski definition) is 0. The molecule has 0 atom stereocenters. The van der Waals surface area contributed by atoms with Crippen molar-refractivity contribution in [3.05, 3.63) is 36.2 Å². The van der Waals surface area contributed by atoms with Gasteiger partial charge in [-0.25, -0.2) is 4.98 Å². The molecule has 0 fully saturated rings. The highest BCUT2D eigenvalue weighted by molar-refractivity contribution is 7.99. The Bertz CT molecular complexity index is 442. The molecule has 0 bridgehead atoms. The van der Waals surface area contributed by atoms with E-state index in [0.717, 1.165) is 28.9 Å². The molecular formula is C12H14N2S. The predicted octanol–water partition coefficient (Wildman–Crippen LogP) is 2.93. The highest BCUT2D eigenvalue weighted by Crippen LogP contribution is 2.10. The van der Waals surface area contributed by atoms with Gasteiger partial charge in [-0.3, -0.25) is 4.98 Å². The van der Waals surface area contributed by atoms with Crippen molar-refractivity contribution in [1.29, 1.82) is 0 Å². The van der Waals surface area contributed by atoms with Gasteiger partial charge in [0.2, 0.25) is 0 Å². The summed E-state index contributed by atoms with van der Waals surface area (Å²) in [5.74, 6) is 2.30. The third-order valence-electron chi connectivity index (χ3n) is 2.21. The third-order valence-corrected chi connectivity index (χ3v) is 3.11. The van der Waals surface area contributed by atoms with Gasteiger partial charge in [0, 0.05) is 12.6 Å². The van der Waals surface area contributed by atoms with E-state index in [1.807, 2.05) is 42.2 Å². The number of benzene rings is 1. The Kier molecular flexibility index (Phi) is 3.56. The minimum absolute atomic E-state index is 0.976. The summed E-state index contributed by atoms with van der Waals surface area (Å²) in [5.41, 5.74) is 3.07. The second kappa shape index (κ2) is 5.12. The van der Waals surface area contributed by atoms with Crippen LogP contribution in [0.25, 0.3) is 11.0 Å². The zero-order chi connectivity index (χ0) is 10.5. The van der Waals surface area contributed by atoms with E-state index < -0.39 is 0 Å². The SMILES string of the molecule is CCSCCc1cnc2ccccc2n1. The fourth-order valence-electron chi connectivity index (χ4n) is 1.44. The van der Waals surface area contributed by atoms with Crippen LogP contribution in [0.15, 0.2) is 30.5 Å².